The molecule has 0 saturated heterocycles. The van der Waals surface area contributed by atoms with E-state index in [4.69, 9.17) is 9.47 Å². The first-order valence-corrected chi connectivity index (χ1v) is 17.6. The summed E-state index contributed by atoms with van der Waals surface area (Å²) < 4.78 is 13.1. The van der Waals surface area contributed by atoms with Crippen molar-refractivity contribution in [2.24, 2.45) is 45.3 Å². The van der Waals surface area contributed by atoms with E-state index in [0.29, 0.717) is 32.1 Å². The molecule has 0 aliphatic heterocycles. The first-order valence-electron chi connectivity index (χ1n) is 17.6. The van der Waals surface area contributed by atoms with E-state index in [0.717, 1.165) is 43.4 Å². The number of esters is 2. The van der Waals surface area contributed by atoms with Gasteiger partial charge in [0.15, 0.2) is 0 Å². The average Bonchev–Trinajstić information content (AvgIpc) is 2.84. The van der Waals surface area contributed by atoms with Gasteiger partial charge < -0.3 is 19.7 Å². The highest BCUT2D eigenvalue weighted by Gasteiger charge is 2.68. The summed E-state index contributed by atoms with van der Waals surface area (Å²) in [6.45, 7) is 16.1. The van der Waals surface area contributed by atoms with Gasteiger partial charge in [-0.25, -0.2) is 0 Å². The molecule has 0 aromatic heterocycles. The Morgan fingerprint density at radius 1 is 0.651 bits per heavy atom. The minimum Gasteiger partial charge on any atom is -0.459 e. The Morgan fingerprint density at radius 2 is 1.14 bits per heavy atom. The van der Waals surface area contributed by atoms with E-state index in [2.05, 4.69) is 13.8 Å². The van der Waals surface area contributed by atoms with Crippen LogP contribution in [0.25, 0.3) is 0 Å². The van der Waals surface area contributed by atoms with Crippen LogP contribution in [0.2, 0.25) is 0 Å². The van der Waals surface area contributed by atoms with E-state index in [-0.39, 0.29) is 23.3 Å². The van der Waals surface area contributed by atoms with Gasteiger partial charge in [-0.3, -0.25) is 9.59 Å². The molecule has 6 heteroatoms. The van der Waals surface area contributed by atoms with Crippen LogP contribution in [0.5, 0.6) is 0 Å². The van der Waals surface area contributed by atoms with Crippen LogP contribution in [0.1, 0.15) is 152 Å². The molecule has 0 spiro atoms. The highest BCUT2D eigenvalue weighted by atomic mass is 16.6. The topological polar surface area (TPSA) is 93.1 Å². The van der Waals surface area contributed by atoms with Gasteiger partial charge in [0.25, 0.3) is 0 Å². The van der Waals surface area contributed by atoms with Crippen LogP contribution in [0.3, 0.4) is 0 Å². The first kappa shape index (κ1) is 31.8. The molecular weight excluding hydrogens is 540 g/mol. The molecular formula is C37H60O6. The van der Waals surface area contributed by atoms with Gasteiger partial charge in [-0.2, -0.15) is 0 Å². The number of rotatable bonds is 10. The minimum absolute atomic E-state index is 0.0747. The van der Waals surface area contributed by atoms with Crippen LogP contribution in [0.15, 0.2) is 0 Å². The highest BCUT2D eigenvalue weighted by molar-refractivity contribution is 5.81. The molecule has 0 amide bonds. The van der Waals surface area contributed by atoms with Crippen molar-refractivity contribution in [1.82, 2.24) is 0 Å². The summed E-state index contributed by atoms with van der Waals surface area (Å²) in [4.78, 5) is 28.2. The zero-order valence-corrected chi connectivity index (χ0v) is 28.4. The summed E-state index contributed by atoms with van der Waals surface area (Å²) in [5.74, 6) is 2.08. The van der Waals surface area contributed by atoms with E-state index in [1.54, 1.807) is 0 Å². The van der Waals surface area contributed by atoms with Gasteiger partial charge in [-0.1, -0.05) is 13.8 Å². The number of aliphatic hydroxyl groups is 2. The standard InChI is InChI=1S/C37H60O6/c1-9-32(7,29(39)43-33(8,10-2)34-14-24-11-25(15-34)13-26(12-24)16-34)20-30(3,4)28(38)42-31(5,6)35-17-27-18-36(40,21-35)23-37(41,19-27)22-35/h24-27,40-41H,9-23H2,1-8H3. The largest absolute Gasteiger partial charge is 0.459 e. The molecule has 4 unspecified atom stereocenters. The summed E-state index contributed by atoms with van der Waals surface area (Å²) >= 11 is 0. The number of ether oxygens (including phenoxy) is 2. The normalized spacial score (nSPS) is 44.1. The molecule has 8 rings (SSSR count). The lowest BCUT2D eigenvalue weighted by atomic mass is 9.43. The third kappa shape index (κ3) is 5.02. The number of hydrogen-bond acceptors (Lipinski definition) is 6. The Hall–Kier alpha value is -1.14. The Bertz CT molecular complexity index is 1100. The molecule has 2 N–H and O–H groups in total. The van der Waals surface area contributed by atoms with E-state index in [1.165, 1.54) is 38.5 Å². The van der Waals surface area contributed by atoms with Crippen molar-refractivity contribution in [3.63, 3.8) is 0 Å². The summed E-state index contributed by atoms with van der Waals surface area (Å²) in [5.41, 5.74) is -5.26. The maximum atomic E-state index is 14.2. The molecule has 0 aromatic carbocycles. The van der Waals surface area contributed by atoms with Gasteiger partial charge in [0.1, 0.15) is 11.2 Å². The lowest BCUT2D eigenvalue weighted by Gasteiger charge is -2.66. The lowest BCUT2D eigenvalue weighted by Crippen LogP contribution is -2.68. The quantitative estimate of drug-likeness (QED) is 0.252. The maximum Gasteiger partial charge on any atom is 0.312 e. The molecule has 8 fully saturated rings. The number of carbonyl (C=O) groups excluding carboxylic acids is 2. The fraction of sp³-hybridized carbons (Fsp3) is 0.946. The highest BCUT2D eigenvalue weighted by Crippen LogP contribution is 2.68. The van der Waals surface area contributed by atoms with Gasteiger partial charge in [-0.15, -0.1) is 0 Å². The van der Waals surface area contributed by atoms with Crippen molar-refractivity contribution in [1.29, 1.82) is 0 Å². The van der Waals surface area contributed by atoms with Gasteiger partial charge in [0, 0.05) is 17.3 Å². The Balaban J connectivity index is 1.17. The molecule has 43 heavy (non-hydrogen) atoms. The van der Waals surface area contributed by atoms with Gasteiger partial charge in [0.05, 0.1) is 22.0 Å². The first-order chi connectivity index (χ1) is 19.7. The van der Waals surface area contributed by atoms with Crippen molar-refractivity contribution in [3.05, 3.63) is 0 Å². The van der Waals surface area contributed by atoms with Crippen molar-refractivity contribution >= 4 is 11.9 Å². The van der Waals surface area contributed by atoms with E-state index < -0.39 is 38.6 Å². The van der Waals surface area contributed by atoms with E-state index in [1.807, 2.05) is 41.5 Å². The zero-order valence-electron chi connectivity index (χ0n) is 28.4. The fourth-order valence-electron chi connectivity index (χ4n) is 12.5. The van der Waals surface area contributed by atoms with Crippen molar-refractivity contribution < 1.29 is 29.3 Å². The molecule has 0 aromatic rings. The zero-order chi connectivity index (χ0) is 31.5. The molecule has 0 radical (unpaired) electrons. The molecule has 8 bridgehead atoms. The molecule has 244 valence electrons. The van der Waals surface area contributed by atoms with Crippen LogP contribution in [0, 0.1) is 45.3 Å². The summed E-state index contributed by atoms with van der Waals surface area (Å²) in [6.07, 6.45) is 13.2. The second-order valence-electron chi connectivity index (χ2n) is 18.8. The molecule has 8 aliphatic carbocycles. The average molecular weight is 601 g/mol. The van der Waals surface area contributed by atoms with Crippen molar-refractivity contribution in [3.8, 4) is 0 Å². The fourth-order valence-corrected chi connectivity index (χ4v) is 12.5. The van der Waals surface area contributed by atoms with Gasteiger partial charge >= 0.3 is 11.9 Å². The SMILES string of the molecule is CCC(C)(CC(C)(C)C(=O)OC(C)(C)C12CC3CC(O)(CC(O)(C3)C1)C2)C(=O)OC(C)(CC)C12CC3CC(CC(C3)C1)C2. The number of carbonyl (C=O) groups is 2. The Morgan fingerprint density at radius 3 is 1.58 bits per heavy atom. The smallest absolute Gasteiger partial charge is 0.312 e. The summed E-state index contributed by atoms with van der Waals surface area (Å²) in [7, 11) is 0. The molecule has 8 saturated carbocycles. The van der Waals surface area contributed by atoms with E-state index >= 15 is 0 Å². The lowest BCUT2D eigenvalue weighted by molar-refractivity contribution is -0.274. The van der Waals surface area contributed by atoms with Crippen LogP contribution < -0.4 is 0 Å². The summed E-state index contributed by atoms with van der Waals surface area (Å²) in [5, 5.41) is 22.7. The summed E-state index contributed by atoms with van der Waals surface area (Å²) in [6, 6.07) is 0. The molecule has 8 aliphatic rings. The van der Waals surface area contributed by atoms with Crippen LogP contribution in [-0.4, -0.2) is 44.6 Å². The second kappa shape index (κ2) is 9.69. The molecule has 6 nitrogen and oxygen atoms in total. The molecule has 4 atom stereocenters. The van der Waals surface area contributed by atoms with Gasteiger partial charge in [0.2, 0.25) is 0 Å². The molecule has 0 heterocycles. The second-order valence-corrected chi connectivity index (χ2v) is 18.8. The van der Waals surface area contributed by atoms with Crippen LogP contribution in [-0.2, 0) is 19.1 Å². The predicted octanol–water partition coefficient (Wildman–Crippen LogP) is 7.52. The third-order valence-corrected chi connectivity index (χ3v) is 14.4. The van der Waals surface area contributed by atoms with Gasteiger partial charge in [-0.05, 0) is 155 Å². The van der Waals surface area contributed by atoms with Crippen LogP contribution in [0.4, 0.5) is 0 Å². The monoisotopic (exact) mass is 600 g/mol. The van der Waals surface area contributed by atoms with Crippen LogP contribution >= 0.6 is 0 Å². The van der Waals surface area contributed by atoms with Crippen molar-refractivity contribution in [2.45, 2.75) is 174 Å². The predicted molar refractivity (Wildman–Crippen MR) is 166 cm³/mol. The number of hydrogen-bond donors (Lipinski definition) is 2. The minimum atomic E-state index is -0.916. The Kier molecular flexibility index (Phi) is 7.17. The van der Waals surface area contributed by atoms with Crippen molar-refractivity contribution in [2.75, 3.05) is 0 Å². The maximum absolute atomic E-state index is 14.2. The Labute approximate surface area is 260 Å². The van der Waals surface area contributed by atoms with E-state index in [9.17, 15) is 19.8 Å². The third-order valence-electron chi connectivity index (χ3n) is 14.4.